The molecule has 1 aromatic carbocycles. The van der Waals surface area contributed by atoms with E-state index < -0.39 is 0 Å². The topological polar surface area (TPSA) is 67.2 Å². The Bertz CT molecular complexity index is 640. The molecule has 0 bridgehead atoms. The second kappa shape index (κ2) is 5.33. The summed E-state index contributed by atoms with van der Waals surface area (Å²) in [5, 5.41) is 6.22. The van der Waals surface area contributed by atoms with Crippen molar-refractivity contribution >= 4 is 11.6 Å². The number of nitrogens with zero attached hydrogens (tertiary/aromatic N) is 1. The highest BCUT2D eigenvalue weighted by atomic mass is 16.3. The van der Waals surface area contributed by atoms with Crippen LogP contribution in [0.1, 0.15) is 19.2 Å². The van der Waals surface area contributed by atoms with Crippen LogP contribution in [0.25, 0.3) is 11.3 Å². The van der Waals surface area contributed by atoms with Crippen molar-refractivity contribution in [2.24, 2.45) is 5.41 Å². The summed E-state index contributed by atoms with van der Waals surface area (Å²) in [5.41, 5.74) is 2.26. The van der Waals surface area contributed by atoms with E-state index in [1.54, 1.807) is 6.26 Å². The van der Waals surface area contributed by atoms with Crippen molar-refractivity contribution in [3.05, 3.63) is 36.4 Å². The number of hydrogen-bond donors (Lipinski definition) is 2. The van der Waals surface area contributed by atoms with Gasteiger partial charge in [0.2, 0.25) is 5.91 Å². The minimum absolute atomic E-state index is 0.0672. The maximum atomic E-state index is 12.3. The van der Waals surface area contributed by atoms with E-state index in [9.17, 15) is 4.79 Å². The van der Waals surface area contributed by atoms with E-state index in [0.717, 1.165) is 36.5 Å². The van der Waals surface area contributed by atoms with E-state index in [2.05, 4.69) is 15.6 Å². The predicted molar refractivity (Wildman–Crippen MR) is 80.9 cm³/mol. The van der Waals surface area contributed by atoms with Crippen molar-refractivity contribution in [1.82, 2.24) is 10.3 Å². The Morgan fingerprint density at radius 1 is 1.38 bits per heavy atom. The van der Waals surface area contributed by atoms with Gasteiger partial charge in [0.15, 0.2) is 5.89 Å². The maximum absolute atomic E-state index is 12.3. The van der Waals surface area contributed by atoms with Crippen LogP contribution in [0.5, 0.6) is 0 Å². The zero-order chi connectivity index (χ0) is 14.9. The average molecular weight is 285 g/mol. The minimum Gasteiger partial charge on any atom is -0.449 e. The first-order chi connectivity index (χ1) is 10.1. The summed E-state index contributed by atoms with van der Waals surface area (Å²) in [5.74, 6) is 0.710. The largest absolute Gasteiger partial charge is 0.449 e. The van der Waals surface area contributed by atoms with Gasteiger partial charge >= 0.3 is 0 Å². The SMILES string of the molecule is Cc1nc(-c2ccc(NC(=O)C3(C)CCNC3)cc2)co1. The first kappa shape index (κ1) is 13.8. The number of anilines is 1. The third-order valence-electron chi connectivity index (χ3n) is 3.97. The molecular formula is C16H19N3O2. The molecule has 0 saturated carbocycles. The Balaban J connectivity index is 1.71. The lowest BCUT2D eigenvalue weighted by atomic mass is 9.88. The number of rotatable bonds is 3. The molecule has 2 N–H and O–H groups in total. The quantitative estimate of drug-likeness (QED) is 0.909. The molecule has 2 heterocycles. The molecular weight excluding hydrogens is 266 g/mol. The van der Waals surface area contributed by atoms with Gasteiger partial charge in [-0.3, -0.25) is 4.79 Å². The van der Waals surface area contributed by atoms with E-state index in [1.165, 1.54) is 0 Å². The molecule has 5 nitrogen and oxygen atoms in total. The third-order valence-corrected chi connectivity index (χ3v) is 3.97. The van der Waals surface area contributed by atoms with Crippen LogP contribution in [0.15, 0.2) is 34.9 Å². The second-order valence-corrected chi connectivity index (χ2v) is 5.77. The number of oxazole rings is 1. The van der Waals surface area contributed by atoms with Crippen LogP contribution in [-0.4, -0.2) is 24.0 Å². The van der Waals surface area contributed by atoms with E-state index in [-0.39, 0.29) is 11.3 Å². The van der Waals surface area contributed by atoms with Gasteiger partial charge in [0.1, 0.15) is 12.0 Å². The van der Waals surface area contributed by atoms with Crippen molar-refractivity contribution in [3.8, 4) is 11.3 Å². The Kier molecular flexibility index (Phi) is 3.51. The lowest BCUT2D eigenvalue weighted by Gasteiger charge is -2.21. The van der Waals surface area contributed by atoms with Crippen LogP contribution in [0.4, 0.5) is 5.69 Å². The lowest BCUT2D eigenvalue weighted by molar-refractivity contribution is -0.123. The van der Waals surface area contributed by atoms with Crippen LogP contribution in [-0.2, 0) is 4.79 Å². The number of carbonyl (C=O) groups is 1. The highest BCUT2D eigenvalue weighted by molar-refractivity contribution is 5.95. The molecule has 1 unspecified atom stereocenters. The summed E-state index contributed by atoms with van der Waals surface area (Å²) in [6, 6.07) is 7.65. The molecule has 5 heteroatoms. The molecule has 3 rings (SSSR count). The summed E-state index contributed by atoms with van der Waals surface area (Å²) in [4.78, 5) is 16.6. The number of aryl methyl sites for hydroxylation is 1. The summed E-state index contributed by atoms with van der Waals surface area (Å²) in [6.07, 6.45) is 2.50. The zero-order valence-electron chi connectivity index (χ0n) is 12.3. The Hall–Kier alpha value is -2.14. The van der Waals surface area contributed by atoms with Crippen molar-refractivity contribution in [2.45, 2.75) is 20.3 Å². The van der Waals surface area contributed by atoms with Crippen LogP contribution in [0.3, 0.4) is 0 Å². The predicted octanol–water partition coefficient (Wildman–Crippen LogP) is 2.59. The highest BCUT2D eigenvalue weighted by Crippen LogP contribution is 2.27. The monoisotopic (exact) mass is 285 g/mol. The van der Waals surface area contributed by atoms with Crippen molar-refractivity contribution < 1.29 is 9.21 Å². The highest BCUT2D eigenvalue weighted by Gasteiger charge is 2.36. The lowest BCUT2D eigenvalue weighted by Crippen LogP contribution is -2.35. The second-order valence-electron chi connectivity index (χ2n) is 5.77. The molecule has 1 saturated heterocycles. The van der Waals surface area contributed by atoms with Crippen LogP contribution >= 0.6 is 0 Å². The minimum atomic E-state index is -0.318. The summed E-state index contributed by atoms with van der Waals surface area (Å²) in [6.45, 7) is 5.44. The van der Waals surface area contributed by atoms with Gasteiger partial charge in [-0.2, -0.15) is 0 Å². The van der Waals surface area contributed by atoms with Crippen LogP contribution in [0, 0.1) is 12.3 Å². The summed E-state index contributed by atoms with van der Waals surface area (Å²) in [7, 11) is 0. The normalized spacial score (nSPS) is 21.4. The Morgan fingerprint density at radius 2 is 2.14 bits per heavy atom. The fraction of sp³-hybridized carbons (Fsp3) is 0.375. The van der Waals surface area contributed by atoms with Gasteiger partial charge in [-0.15, -0.1) is 0 Å². The first-order valence-electron chi connectivity index (χ1n) is 7.12. The molecule has 1 aliphatic heterocycles. The van der Waals surface area contributed by atoms with Crippen LogP contribution < -0.4 is 10.6 Å². The van der Waals surface area contributed by atoms with Gasteiger partial charge in [-0.1, -0.05) is 12.1 Å². The Morgan fingerprint density at radius 3 is 2.71 bits per heavy atom. The molecule has 1 fully saturated rings. The molecule has 1 atom stereocenters. The van der Waals surface area contributed by atoms with E-state index in [4.69, 9.17) is 4.42 Å². The number of amides is 1. The van der Waals surface area contributed by atoms with Gasteiger partial charge in [0, 0.05) is 24.7 Å². The molecule has 1 aliphatic rings. The number of aromatic nitrogens is 1. The summed E-state index contributed by atoms with van der Waals surface area (Å²) >= 11 is 0. The molecule has 2 aromatic rings. The fourth-order valence-corrected chi connectivity index (χ4v) is 2.51. The van der Waals surface area contributed by atoms with Gasteiger partial charge in [-0.05, 0) is 32.0 Å². The van der Waals surface area contributed by atoms with Gasteiger partial charge < -0.3 is 15.1 Å². The van der Waals surface area contributed by atoms with E-state index >= 15 is 0 Å². The summed E-state index contributed by atoms with van der Waals surface area (Å²) < 4.78 is 5.21. The number of benzene rings is 1. The molecule has 21 heavy (non-hydrogen) atoms. The van der Waals surface area contributed by atoms with Gasteiger partial charge in [0.05, 0.1) is 5.41 Å². The molecule has 0 radical (unpaired) electrons. The molecule has 0 spiro atoms. The van der Waals surface area contributed by atoms with E-state index in [1.807, 2.05) is 38.1 Å². The van der Waals surface area contributed by atoms with Crippen molar-refractivity contribution in [3.63, 3.8) is 0 Å². The van der Waals surface area contributed by atoms with Crippen molar-refractivity contribution in [1.29, 1.82) is 0 Å². The number of nitrogens with one attached hydrogen (secondary N) is 2. The zero-order valence-corrected chi connectivity index (χ0v) is 12.3. The third kappa shape index (κ3) is 2.83. The first-order valence-corrected chi connectivity index (χ1v) is 7.12. The fourth-order valence-electron chi connectivity index (χ4n) is 2.51. The molecule has 0 aliphatic carbocycles. The van der Waals surface area contributed by atoms with Crippen LogP contribution in [0.2, 0.25) is 0 Å². The average Bonchev–Trinajstić information content (AvgIpc) is 3.09. The van der Waals surface area contributed by atoms with Gasteiger partial charge in [-0.25, -0.2) is 4.98 Å². The molecule has 110 valence electrons. The molecule has 1 amide bonds. The standard InChI is InChI=1S/C16H19N3O2/c1-11-18-14(9-21-11)12-3-5-13(6-4-12)19-15(20)16(2)7-8-17-10-16/h3-6,9,17H,7-8,10H2,1-2H3,(H,19,20). The number of carbonyl (C=O) groups excluding carboxylic acids is 1. The van der Waals surface area contributed by atoms with E-state index in [0.29, 0.717) is 5.89 Å². The maximum Gasteiger partial charge on any atom is 0.231 e. The number of hydrogen-bond acceptors (Lipinski definition) is 4. The van der Waals surface area contributed by atoms with Crippen molar-refractivity contribution in [2.75, 3.05) is 18.4 Å². The Labute approximate surface area is 123 Å². The van der Waals surface area contributed by atoms with Gasteiger partial charge in [0.25, 0.3) is 0 Å². The smallest absolute Gasteiger partial charge is 0.231 e. The molecule has 1 aromatic heterocycles.